The number of ether oxygens (including phenoxy) is 1. The topological polar surface area (TPSA) is 74.8 Å². The molecule has 2 aliphatic heterocycles. The number of nitrogens with one attached hydrogen (secondary N) is 1. The zero-order valence-corrected chi connectivity index (χ0v) is 19.0. The van der Waals surface area contributed by atoms with Gasteiger partial charge in [0.05, 0.1) is 28.1 Å². The number of amides is 2. The minimum Gasteiger partial charge on any atom is -0.384 e. The number of carbonyl (C=O) groups excluding carboxylic acids is 2. The average Bonchev–Trinajstić information content (AvgIpc) is 3.14. The lowest BCUT2D eigenvalue weighted by molar-refractivity contribution is -0.120. The van der Waals surface area contributed by atoms with E-state index < -0.39 is 11.7 Å². The molecule has 10 heteroatoms. The molecular weight excluding hydrogens is 458 g/mol. The first-order valence-electron chi connectivity index (χ1n) is 10.3. The van der Waals surface area contributed by atoms with Crippen LogP contribution in [0.3, 0.4) is 0 Å². The monoisotopic (exact) mass is 480 g/mol. The highest BCUT2D eigenvalue weighted by Gasteiger charge is 2.36. The van der Waals surface area contributed by atoms with Crippen molar-refractivity contribution in [2.24, 2.45) is 5.92 Å². The molecular formula is C22H23Cl2FN4O3. The van der Waals surface area contributed by atoms with Crippen molar-refractivity contribution >= 4 is 40.8 Å². The average molecular weight is 481 g/mol. The SMILES string of the molecule is COCC1CNC(=O)[C@H]1c1ccc(C(=O)N2CCN(c3ncc(Cl)cc3Cl)CC2)c(F)c1. The molecule has 1 N–H and O–H groups in total. The Balaban J connectivity index is 1.44. The summed E-state index contributed by atoms with van der Waals surface area (Å²) in [5.74, 6) is -1.12. The number of benzene rings is 1. The third-order valence-electron chi connectivity index (χ3n) is 5.91. The van der Waals surface area contributed by atoms with Gasteiger partial charge in [0.2, 0.25) is 5.91 Å². The highest BCUT2D eigenvalue weighted by Crippen LogP contribution is 2.31. The van der Waals surface area contributed by atoms with Gasteiger partial charge in [0, 0.05) is 51.9 Å². The van der Waals surface area contributed by atoms with Crippen molar-refractivity contribution in [2.45, 2.75) is 5.92 Å². The number of rotatable bonds is 5. The number of carbonyl (C=O) groups is 2. The number of hydrogen-bond acceptors (Lipinski definition) is 5. The molecule has 2 amide bonds. The fraction of sp³-hybridized carbons (Fsp3) is 0.409. The van der Waals surface area contributed by atoms with Crippen LogP contribution in [0.2, 0.25) is 10.0 Å². The van der Waals surface area contributed by atoms with Gasteiger partial charge >= 0.3 is 0 Å². The quantitative estimate of drug-likeness (QED) is 0.711. The first kappa shape index (κ1) is 22.8. The van der Waals surface area contributed by atoms with Gasteiger partial charge in [-0.05, 0) is 23.8 Å². The Morgan fingerprint density at radius 3 is 2.66 bits per heavy atom. The van der Waals surface area contributed by atoms with Crippen molar-refractivity contribution in [1.29, 1.82) is 0 Å². The number of hydrogen-bond donors (Lipinski definition) is 1. The lowest BCUT2D eigenvalue weighted by atomic mass is 9.88. The largest absolute Gasteiger partial charge is 0.384 e. The minimum absolute atomic E-state index is 0.00783. The zero-order chi connectivity index (χ0) is 22.8. The molecule has 0 radical (unpaired) electrons. The molecule has 32 heavy (non-hydrogen) atoms. The maximum Gasteiger partial charge on any atom is 0.256 e. The summed E-state index contributed by atoms with van der Waals surface area (Å²) < 4.78 is 20.1. The maximum absolute atomic E-state index is 14.9. The van der Waals surface area contributed by atoms with Crippen LogP contribution in [0, 0.1) is 11.7 Å². The van der Waals surface area contributed by atoms with Gasteiger partial charge in [-0.25, -0.2) is 9.37 Å². The smallest absolute Gasteiger partial charge is 0.256 e. The van der Waals surface area contributed by atoms with Gasteiger partial charge in [-0.3, -0.25) is 9.59 Å². The van der Waals surface area contributed by atoms with E-state index in [4.69, 9.17) is 27.9 Å². The van der Waals surface area contributed by atoms with Crippen molar-refractivity contribution < 1.29 is 18.7 Å². The molecule has 170 valence electrons. The molecule has 1 aromatic carbocycles. The molecule has 1 unspecified atom stereocenters. The van der Waals surface area contributed by atoms with Crippen molar-refractivity contribution in [3.05, 3.63) is 57.5 Å². The van der Waals surface area contributed by atoms with E-state index in [1.165, 1.54) is 18.3 Å². The summed E-state index contributed by atoms with van der Waals surface area (Å²) in [5.41, 5.74) is 0.538. The molecule has 3 heterocycles. The van der Waals surface area contributed by atoms with Crippen LogP contribution in [-0.4, -0.2) is 68.1 Å². The van der Waals surface area contributed by atoms with Gasteiger partial charge in [0.25, 0.3) is 5.91 Å². The van der Waals surface area contributed by atoms with Gasteiger partial charge < -0.3 is 19.9 Å². The Morgan fingerprint density at radius 1 is 1.25 bits per heavy atom. The minimum atomic E-state index is -0.631. The van der Waals surface area contributed by atoms with Crippen LogP contribution >= 0.6 is 23.2 Å². The fourth-order valence-corrected chi connectivity index (χ4v) is 4.80. The van der Waals surface area contributed by atoms with Gasteiger partial charge in [-0.2, -0.15) is 0 Å². The molecule has 0 saturated carbocycles. The molecule has 0 bridgehead atoms. The Hall–Kier alpha value is -2.42. The second-order valence-electron chi connectivity index (χ2n) is 7.92. The van der Waals surface area contributed by atoms with Gasteiger partial charge in [0.15, 0.2) is 0 Å². The number of halogens is 3. The van der Waals surface area contributed by atoms with E-state index in [9.17, 15) is 14.0 Å². The molecule has 2 fully saturated rings. The van der Waals surface area contributed by atoms with Crippen molar-refractivity contribution in [3.8, 4) is 0 Å². The Kier molecular flexibility index (Phi) is 6.83. The molecule has 2 saturated heterocycles. The highest BCUT2D eigenvalue weighted by atomic mass is 35.5. The highest BCUT2D eigenvalue weighted by molar-refractivity contribution is 6.36. The summed E-state index contributed by atoms with van der Waals surface area (Å²) in [6.07, 6.45) is 1.53. The number of pyridine rings is 1. The third-order valence-corrected chi connectivity index (χ3v) is 6.40. The molecule has 2 aliphatic rings. The van der Waals surface area contributed by atoms with E-state index in [0.29, 0.717) is 60.8 Å². The number of piperazine rings is 1. The molecule has 0 spiro atoms. The maximum atomic E-state index is 14.9. The third kappa shape index (κ3) is 4.53. The second-order valence-corrected chi connectivity index (χ2v) is 8.76. The summed E-state index contributed by atoms with van der Waals surface area (Å²) in [6.45, 7) is 2.71. The standard InChI is InChI=1S/C22H23Cl2FN4O3/c1-32-12-14-10-27-21(30)19(14)13-2-3-16(18(25)8-13)22(31)29-6-4-28(5-7-29)20-17(24)9-15(23)11-26-20/h2-3,8-9,11,14,19H,4-7,10,12H2,1H3,(H,27,30)/t14?,19-/m0/s1. The van der Waals surface area contributed by atoms with E-state index in [1.54, 1.807) is 24.1 Å². The van der Waals surface area contributed by atoms with Crippen LogP contribution < -0.4 is 10.2 Å². The number of anilines is 1. The Bertz CT molecular complexity index is 1030. The zero-order valence-electron chi connectivity index (χ0n) is 17.5. The number of methoxy groups -OCH3 is 1. The molecule has 0 aliphatic carbocycles. The van der Waals surface area contributed by atoms with E-state index in [-0.39, 0.29) is 23.3 Å². The van der Waals surface area contributed by atoms with E-state index in [1.807, 2.05) is 4.90 Å². The van der Waals surface area contributed by atoms with Gasteiger partial charge in [0.1, 0.15) is 11.6 Å². The van der Waals surface area contributed by atoms with E-state index in [2.05, 4.69) is 10.3 Å². The summed E-state index contributed by atoms with van der Waals surface area (Å²) in [7, 11) is 1.57. The van der Waals surface area contributed by atoms with Crippen LogP contribution in [0.25, 0.3) is 0 Å². The van der Waals surface area contributed by atoms with Crippen LogP contribution in [0.4, 0.5) is 10.2 Å². The van der Waals surface area contributed by atoms with Crippen LogP contribution in [0.1, 0.15) is 21.8 Å². The van der Waals surface area contributed by atoms with Crippen molar-refractivity contribution in [2.75, 3.05) is 51.3 Å². The van der Waals surface area contributed by atoms with E-state index in [0.717, 1.165) is 0 Å². The predicted octanol–water partition coefficient (Wildman–Crippen LogP) is 2.97. The molecule has 1 aromatic heterocycles. The fourth-order valence-electron chi connectivity index (χ4n) is 4.30. The first-order valence-corrected chi connectivity index (χ1v) is 11.1. The van der Waals surface area contributed by atoms with Crippen molar-refractivity contribution in [1.82, 2.24) is 15.2 Å². The Labute approximate surface area is 195 Å². The van der Waals surface area contributed by atoms with Gasteiger partial charge in [-0.15, -0.1) is 0 Å². The lowest BCUT2D eigenvalue weighted by Crippen LogP contribution is -2.49. The molecule has 2 atom stereocenters. The van der Waals surface area contributed by atoms with Gasteiger partial charge in [-0.1, -0.05) is 29.3 Å². The van der Waals surface area contributed by atoms with E-state index >= 15 is 0 Å². The first-order chi connectivity index (χ1) is 15.4. The molecule has 2 aromatic rings. The van der Waals surface area contributed by atoms with Crippen molar-refractivity contribution in [3.63, 3.8) is 0 Å². The molecule has 7 nitrogen and oxygen atoms in total. The van der Waals surface area contributed by atoms with Crippen LogP contribution in [0.5, 0.6) is 0 Å². The summed E-state index contributed by atoms with van der Waals surface area (Å²) in [5, 5.41) is 3.69. The lowest BCUT2D eigenvalue weighted by Gasteiger charge is -2.35. The summed E-state index contributed by atoms with van der Waals surface area (Å²) in [6, 6.07) is 6.04. The molecule has 4 rings (SSSR count). The van der Waals surface area contributed by atoms with Crippen LogP contribution in [-0.2, 0) is 9.53 Å². The summed E-state index contributed by atoms with van der Waals surface area (Å²) in [4.78, 5) is 33.0. The number of nitrogens with zero attached hydrogens (tertiary/aromatic N) is 3. The normalized spacial score (nSPS) is 21.1. The Morgan fingerprint density at radius 2 is 2.00 bits per heavy atom. The second kappa shape index (κ2) is 9.60. The predicted molar refractivity (Wildman–Crippen MR) is 120 cm³/mol. The number of aromatic nitrogens is 1. The summed E-state index contributed by atoms with van der Waals surface area (Å²) >= 11 is 12.1. The van der Waals surface area contributed by atoms with Crippen LogP contribution in [0.15, 0.2) is 30.5 Å².